The zero-order valence-corrected chi connectivity index (χ0v) is 9.84. The van der Waals surface area contributed by atoms with Crippen LogP contribution in [0.4, 0.5) is 0 Å². The zero-order valence-electron chi connectivity index (χ0n) is 9.03. The van der Waals surface area contributed by atoms with E-state index in [2.05, 4.69) is 4.72 Å². The molecular weight excluding hydrogens is 214 g/mol. The average Bonchev–Trinajstić information content (AvgIpc) is 2.51. The van der Waals surface area contributed by atoms with Crippen molar-refractivity contribution in [2.75, 3.05) is 13.2 Å². The molecule has 4 nitrogen and oxygen atoms in total. The van der Waals surface area contributed by atoms with E-state index in [1.165, 1.54) is 6.08 Å². The number of ether oxygens (including phenoxy) is 1. The zero-order chi connectivity index (χ0) is 11.3. The second-order valence-electron chi connectivity index (χ2n) is 3.41. The first kappa shape index (κ1) is 12.4. The molecule has 86 valence electrons. The van der Waals surface area contributed by atoms with Gasteiger partial charge in [0.05, 0.1) is 6.61 Å². The normalized spacial score (nSPS) is 27.8. The third-order valence-electron chi connectivity index (χ3n) is 2.35. The smallest absolute Gasteiger partial charge is 0.332 e. The van der Waals surface area contributed by atoms with Gasteiger partial charge in [0.25, 0.3) is 0 Å². The predicted molar refractivity (Wildman–Crippen MR) is 60.1 cm³/mol. The third-order valence-corrected chi connectivity index (χ3v) is 3.65. The molecule has 1 saturated heterocycles. The molecule has 15 heavy (non-hydrogen) atoms. The predicted octanol–water partition coefficient (Wildman–Crippen LogP) is 1.07. The van der Waals surface area contributed by atoms with Gasteiger partial charge in [0.1, 0.15) is 0 Å². The van der Waals surface area contributed by atoms with Crippen molar-refractivity contribution in [3.05, 3.63) is 11.8 Å². The highest BCUT2D eigenvalue weighted by molar-refractivity contribution is 7.98. The number of aliphatic hydroxyl groups is 1. The van der Waals surface area contributed by atoms with Crippen LogP contribution in [0.25, 0.3) is 0 Å². The lowest BCUT2D eigenvalue weighted by atomic mass is 10.0. The highest BCUT2D eigenvalue weighted by atomic mass is 32.2. The Labute approximate surface area is 94.2 Å². The van der Waals surface area contributed by atoms with E-state index in [1.54, 1.807) is 18.9 Å². The minimum absolute atomic E-state index is 0.177. The van der Waals surface area contributed by atoms with Crippen LogP contribution in [0.15, 0.2) is 11.8 Å². The second kappa shape index (κ2) is 6.02. The SMILES string of the molecule is CCOC(=O)C=C1NSC(CCO)C1C. The molecule has 0 spiro atoms. The number of rotatable bonds is 4. The van der Waals surface area contributed by atoms with Crippen LogP contribution in [0.3, 0.4) is 0 Å². The van der Waals surface area contributed by atoms with E-state index >= 15 is 0 Å². The Hall–Kier alpha value is -0.680. The maximum Gasteiger partial charge on any atom is 0.332 e. The summed E-state index contributed by atoms with van der Waals surface area (Å²) in [7, 11) is 0. The molecular formula is C10H17NO3S. The van der Waals surface area contributed by atoms with Crippen LogP contribution in [0.2, 0.25) is 0 Å². The number of hydrogen-bond donors (Lipinski definition) is 2. The molecule has 0 bridgehead atoms. The van der Waals surface area contributed by atoms with Crippen molar-refractivity contribution in [3.8, 4) is 0 Å². The molecule has 2 atom stereocenters. The molecule has 0 amide bonds. The van der Waals surface area contributed by atoms with Gasteiger partial charge in [0.15, 0.2) is 0 Å². The van der Waals surface area contributed by atoms with Crippen LogP contribution in [0.1, 0.15) is 20.3 Å². The molecule has 1 aliphatic rings. The van der Waals surface area contributed by atoms with E-state index in [-0.39, 0.29) is 18.5 Å². The summed E-state index contributed by atoms with van der Waals surface area (Å²) < 4.78 is 7.93. The lowest BCUT2D eigenvalue weighted by Crippen LogP contribution is -2.13. The summed E-state index contributed by atoms with van der Waals surface area (Å²) in [6, 6.07) is 0. The summed E-state index contributed by atoms with van der Waals surface area (Å²) in [5.74, 6) is -0.0522. The molecule has 0 aromatic rings. The molecule has 0 aliphatic carbocycles. The fourth-order valence-electron chi connectivity index (χ4n) is 1.45. The van der Waals surface area contributed by atoms with Gasteiger partial charge < -0.3 is 14.6 Å². The van der Waals surface area contributed by atoms with E-state index in [0.717, 1.165) is 12.1 Å². The Morgan fingerprint density at radius 3 is 3.07 bits per heavy atom. The lowest BCUT2D eigenvalue weighted by Gasteiger charge is -2.10. The quantitative estimate of drug-likeness (QED) is 0.430. The van der Waals surface area contributed by atoms with Gasteiger partial charge in [0, 0.05) is 29.5 Å². The molecule has 2 unspecified atom stereocenters. The summed E-state index contributed by atoms with van der Waals surface area (Å²) >= 11 is 1.56. The van der Waals surface area contributed by atoms with E-state index in [1.807, 2.05) is 6.92 Å². The number of allylic oxidation sites excluding steroid dienone is 1. The monoisotopic (exact) mass is 231 g/mol. The van der Waals surface area contributed by atoms with Crippen LogP contribution in [0, 0.1) is 5.92 Å². The number of carbonyl (C=O) groups is 1. The van der Waals surface area contributed by atoms with Gasteiger partial charge in [-0.25, -0.2) is 4.79 Å². The molecule has 2 N–H and O–H groups in total. The average molecular weight is 231 g/mol. The second-order valence-corrected chi connectivity index (χ2v) is 4.46. The fourth-order valence-corrected chi connectivity index (χ4v) is 2.55. The highest BCUT2D eigenvalue weighted by Gasteiger charge is 2.28. The van der Waals surface area contributed by atoms with Gasteiger partial charge in [-0.3, -0.25) is 0 Å². The van der Waals surface area contributed by atoms with Crippen molar-refractivity contribution in [1.29, 1.82) is 0 Å². The fraction of sp³-hybridized carbons (Fsp3) is 0.700. The summed E-state index contributed by atoms with van der Waals surface area (Å²) in [5, 5.41) is 9.17. The Bertz CT molecular complexity index is 255. The molecule has 1 rings (SSSR count). The number of hydrogen-bond acceptors (Lipinski definition) is 5. The van der Waals surface area contributed by atoms with Gasteiger partial charge in [0.2, 0.25) is 0 Å². The largest absolute Gasteiger partial charge is 0.463 e. The van der Waals surface area contributed by atoms with Crippen LogP contribution < -0.4 is 4.72 Å². The van der Waals surface area contributed by atoms with Crippen LogP contribution in [0.5, 0.6) is 0 Å². The van der Waals surface area contributed by atoms with Crippen LogP contribution in [-0.4, -0.2) is 29.5 Å². The van der Waals surface area contributed by atoms with Crippen molar-refractivity contribution in [1.82, 2.24) is 4.72 Å². The Morgan fingerprint density at radius 2 is 2.47 bits per heavy atom. The van der Waals surface area contributed by atoms with E-state index in [0.29, 0.717) is 11.9 Å². The van der Waals surface area contributed by atoms with Crippen LogP contribution in [-0.2, 0) is 9.53 Å². The maximum atomic E-state index is 11.2. The minimum Gasteiger partial charge on any atom is -0.463 e. The first-order valence-electron chi connectivity index (χ1n) is 5.10. The van der Waals surface area contributed by atoms with Gasteiger partial charge in [-0.2, -0.15) is 0 Å². The van der Waals surface area contributed by atoms with Crippen molar-refractivity contribution >= 4 is 17.9 Å². The van der Waals surface area contributed by atoms with Crippen molar-refractivity contribution in [3.63, 3.8) is 0 Å². The van der Waals surface area contributed by atoms with Gasteiger partial charge in [-0.1, -0.05) is 6.92 Å². The Morgan fingerprint density at radius 1 is 1.73 bits per heavy atom. The highest BCUT2D eigenvalue weighted by Crippen LogP contribution is 2.33. The van der Waals surface area contributed by atoms with Crippen molar-refractivity contribution < 1.29 is 14.6 Å². The van der Waals surface area contributed by atoms with Gasteiger partial charge in [-0.15, -0.1) is 0 Å². The number of nitrogens with one attached hydrogen (secondary N) is 1. The number of aliphatic hydroxyl groups excluding tert-OH is 1. The van der Waals surface area contributed by atoms with Gasteiger partial charge >= 0.3 is 5.97 Å². The maximum absolute atomic E-state index is 11.2. The molecule has 1 heterocycles. The molecule has 0 saturated carbocycles. The topological polar surface area (TPSA) is 58.6 Å². The standard InChI is InChI=1S/C10H17NO3S/c1-3-14-10(13)6-8-7(2)9(4-5-12)15-11-8/h6-7,9,11-12H,3-5H2,1-2H3. The summed E-state index contributed by atoms with van der Waals surface area (Å²) in [6.45, 7) is 4.39. The summed E-state index contributed by atoms with van der Waals surface area (Å²) in [4.78, 5) is 11.2. The molecule has 0 aromatic carbocycles. The molecule has 1 fully saturated rings. The number of carbonyl (C=O) groups excluding carboxylic acids is 1. The number of esters is 1. The van der Waals surface area contributed by atoms with Crippen molar-refractivity contribution in [2.45, 2.75) is 25.5 Å². The first-order chi connectivity index (χ1) is 7.19. The van der Waals surface area contributed by atoms with E-state index in [9.17, 15) is 4.79 Å². The first-order valence-corrected chi connectivity index (χ1v) is 5.97. The Kier molecular flexibility index (Phi) is 4.98. The van der Waals surface area contributed by atoms with E-state index in [4.69, 9.17) is 9.84 Å². The molecule has 1 aliphatic heterocycles. The summed E-state index contributed by atoms with van der Waals surface area (Å²) in [5.41, 5.74) is 0.886. The summed E-state index contributed by atoms with van der Waals surface area (Å²) in [6.07, 6.45) is 2.23. The Balaban J connectivity index is 2.54. The molecule has 5 heteroatoms. The van der Waals surface area contributed by atoms with E-state index < -0.39 is 0 Å². The molecule has 0 aromatic heterocycles. The van der Waals surface area contributed by atoms with Crippen molar-refractivity contribution in [2.24, 2.45) is 5.92 Å². The lowest BCUT2D eigenvalue weighted by molar-refractivity contribution is -0.137. The minimum atomic E-state index is -0.308. The van der Waals surface area contributed by atoms with Crippen LogP contribution >= 0.6 is 11.9 Å². The van der Waals surface area contributed by atoms with Gasteiger partial charge in [-0.05, 0) is 25.3 Å². The molecule has 0 radical (unpaired) electrons. The third kappa shape index (κ3) is 3.43.